The molecule has 0 spiro atoms. The minimum Gasteiger partial charge on any atom is -0.493 e. The maximum atomic E-state index is 12.6. The monoisotopic (exact) mass is 384 g/mol. The number of ether oxygens (including phenoxy) is 2. The van der Waals surface area contributed by atoms with Gasteiger partial charge in [-0.15, -0.1) is 0 Å². The van der Waals surface area contributed by atoms with E-state index in [2.05, 4.69) is 27.1 Å². The number of nitrogens with one attached hydrogen (secondary N) is 1. The molecule has 1 N–H and O–H groups in total. The lowest BCUT2D eigenvalue weighted by atomic mass is 10.00. The van der Waals surface area contributed by atoms with Crippen LogP contribution in [0, 0.1) is 0 Å². The van der Waals surface area contributed by atoms with Crippen LogP contribution < -0.4 is 19.7 Å². The van der Waals surface area contributed by atoms with Crippen molar-refractivity contribution in [1.82, 2.24) is 15.3 Å². The molecule has 3 rings (SSSR count). The number of aromatic nitrogens is 2. The molecule has 0 radical (unpaired) electrons. The molecule has 1 aliphatic rings. The fourth-order valence-electron chi connectivity index (χ4n) is 3.62. The number of carbonyl (C=O) groups excluding carboxylic acids is 1. The first kappa shape index (κ1) is 19.9. The Labute approximate surface area is 166 Å². The second-order valence-electron chi connectivity index (χ2n) is 6.88. The quantitative estimate of drug-likeness (QED) is 0.790. The fraction of sp³-hybridized carbons (Fsp3) is 0.476. The predicted molar refractivity (Wildman–Crippen MR) is 108 cm³/mol. The SMILES string of the molecule is CCC1CCCCN1c1cc(C(=O)NCc2ccc(OC)c(OC)c2)ncn1. The third kappa shape index (κ3) is 4.52. The van der Waals surface area contributed by atoms with E-state index < -0.39 is 0 Å². The molecule has 0 aliphatic carbocycles. The summed E-state index contributed by atoms with van der Waals surface area (Å²) in [4.78, 5) is 23.5. The highest BCUT2D eigenvalue weighted by Gasteiger charge is 2.23. The number of rotatable bonds is 7. The zero-order valence-electron chi connectivity index (χ0n) is 16.8. The van der Waals surface area contributed by atoms with Crippen molar-refractivity contribution in [3.8, 4) is 11.5 Å². The third-order valence-electron chi connectivity index (χ3n) is 5.18. The summed E-state index contributed by atoms with van der Waals surface area (Å²) < 4.78 is 10.5. The molecule has 1 aromatic carbocycles. The minimum absolute atomic E-state index is 0.219. The zero-order valence-corrected chi connectivity index (χ0v) is 16.8. The van der Waals surface area contributed by atoms with Gasteiger partial charge in [-0.3, -0.25) is 4.79 Å². The maximum Gasteiger partial charge on any atom is 0.270 e. The van der Waals surface area contributed by atoms with E-state index in [1.807, 2.05) is 18.2 Å². The van der Waals surface area contributed by atoms with Crippen molar-refractivity contribution in [2.24, 2.45) is 0 Å². The topological polar surface area (TPSA) is 76.6 Å². The molecule has 1 aromatic heterocycles. The normalized spacial score (nSPS) is 16.5. The lowest BCUT2D eigenvalue weighted by Gasteiger charge is -2.36. The molecule has 7 heteroatoms. The van der Waals surface area contributed by atoms with E-state index in [9.17, 15) is 4.79 Å². The van der Waals surface area contributed by atoms with Gasteiger partial charge in [0.2, 0.25) is 0 Å². The van der Waals surface area contributed by atoms with Gasteiger partial charge in [-0.1, -0.05) is 13.0 Å². The molecule has 28 heavy (non-hydrogen) atoms. The standard InChI is InChI=1S/C21H28N4O3/c1-4-16-7-5-6-10-25(16)20-12-17(23-14-24-20)21(26)22-13-15-8-9-18(27-2)19(11-15)28-3/h8-9,11-12,14,16H,4-7,10,13H2,1-3H3,(H,22,26). The zero-order chi connectivity index (χ0) is 19.9. The number of amides is 1. The van der Waals surface area contributed by atoms with Crippen LogP contribution in [0.1, 0.15) is 48.7 Å². The lowest BCUT2D eigenvalue weighted by Crippen LogP contribution is -2.39. The first-order valence-electron chi connectivity index (χ1n) is 9.74. The molecular weight excluding hydrogens is 356 g/mol. The molecule has 0 bridgehead atoms. The van der Waals surface area contributed by atoms with E-state index in [0.29, 0.717) is 29.8 Å². The van der Waals surface area contributed by atoms with Crippen molar-refractivity contribution in [2.75, 3.05) is 25.7 Å². The molecule has 2 aromatic rings. The fourth-order valence-corrected chi connectivity index (χ4v) is 3.62. The Hall–Kier alpha value is -2.83. The lowest BCUT2D eigenvalue weighted by molar-refractivity contribution is 0.0945. The molecule has 1 unspecified atom stereocenters. The Morgan fingerprint density at radius 2 is 2.00 bits per heavy atom. The van der Waals surface area contributed by atoms with E-state index >= 15 is 0 Å². The van der Waals surface area contributed by atoms with Gasteiger partial charge in [0.1, 0.15) is 17.8 Å². The molecule has 2 heterocycles. The molecule has 150 valence electrons. The minimum atomic E-state index is -0.219. The van der Waals surface area contributed by atoms with E-state index in [-0.39, 0.29) is 5.91 Å². The number of anilines is 1. The molecule has 1 atom stereocenters. The highest BCUT2D eigenvalue weighted by Crippen LogP contribution is 2.27. The first-order valence-corrected chi connectivity index (χ1v) is 9.74. The molecule has 1 amide bonds. The highest BCUT2D eigenvalue weighted by molar-refractivity contribution is 5.92. The number of piperidine rings is 1. The average molecular weight is 384 g/mol. The number of hydrogen-bond donors (Lipinski definition) is 1. The van der Waals surface area contributed by atoms with Gasteiger partial charge in [0.05, 0.1) is 14.2 Å². The van der Waals surface area contributed by atoms with Crippen LogP contribution in [0.3, 0.4) is 0 Å². The highest BCUT2D eigenvalue weighted by atomic mass is 16.5. The number of benzene rings is 1. The Kier molecular flexibility index (Phi) is 6.68. The van der Waals surface area contributed by atoms with Crippen LogP contribution in [0.25, 0.3) is 0 Å². The van der Waals surface area contributed by atoms with E-state index in [1.54, 1.807) is 20.3 Å². The van der Waals surface area contributed by atoms with Gasteiger partial charge in [0, 0.05) is 25.2 Å². The van der Waals surface area contributed by atoms with Crippen LogP contribution in [-0.2, 0) is 6.54 Å². The Morgan fingerprint density at radius 3 is 2.75 bits per heavy atom. The van der Waals surface area contributed by atoms with Gasteiger partial charge in [0.25, 0.3) is 5.91 Å². The summed E-state index contributed by atoms with van der Waals surface area (Å²) in [5, 5.41) is 2.92. The maximum absolute atomic E-state index is 12.6. The largest absolute Gasteiger partial charge is 0.493 e. The van der Waals surface area contributed by atoms with Gasteiger partial charge < -0.3 is 19.7 Å². The van der Waals surface area contributed by atoms with E-state index in [1.165, 1.54) is 19.2 Å². The van der Waals surface area contributed by atoms with Crippen LogP contribution in [0.5, 0.6) is 11.5 Å². The van der Waals surface area contributed by atoms with Crippen LogP contribution in [-0.4, -0.2) is 42.7 Å². The molecule has 7 nitrogen and oxygen atoms in total. The number of hydrogen-bond acceptors (Lipinski definition) is 6. The van der Waals surface area contributed by atoms with E-state index in [0.717, 1.165) is 30.8 Å². The van der Waals surface area contributed by atoms with Gasteiger partial charge >= 0.3 is 0 Å². The Morgan fingerprint density at radius 1 is 1.18 bits per heavy atom. The summed E-state index contributed by atoms with van der Waals surface area (Å²) in [6.45, 7) is 3.54. The molecule has 0 saturated carbocycles. The number of methoxy groups -OCH3 is 2. The van der Waals surface area contributed by atoms with Crippen molar-refractivity contribution < 1.29 is 14.3 Å². The van der Waals surface area contributed by atoms with Crippen molar-refractivity contribution in [3.05, 3.63) is 41.9 Å². The second kappa shape index (κ2) is 9.39. The first-order chi connectivity index (χ1) is 13.7. The van der Waals surface area contributed by atoms with Crippen LogP contribution in [0.15, 0.2) is 30.6 Å². The van der Waals surface area contributed by atoms with E-state index in [4.69, 9.17) is 9.47 Å². The smallest absolute Gasteiger partial charge is 0.270 e. The van der Waals surface area contributed by atoms with Crippen molar-refractivity contribution >= 4 is 11.7 Å². The Bertz CT molecular complexity index is 812. The predicted octanol–water partition coefficient (Wildman–Crippen LogP) is 3.19. The summed E-state index contributed by atoms with van der Waals surface area (Å²) in [5.74, 6) is 1.90. The Balaban J connectivity index is 1.68. The van der Waals surface area contributed by atoms with Crippen molar-refractivity contribution in [2.45, 2.75) is 45.2 Å². The number of nitrogens with zero attached hydrogens (tertiary/aromatic N) is 3. The third-order valence-corrected chi connectivity index (χ3v) is 5.18. The van der Waals surface area contributed by atoms with Crippen molar-refractivity contribution in [1.29, 1.82) is 0 Å². The summed E-state index contributed by atoms with van der Waals surface area (Å²) in [7, 11) is 3.18. The number of carbonyl (C=O) groups is 1. The van der Waals surface area contributed by atoms with Gasteiger partial charge in [-0.05, 0) is 43.4 Å². The van der Waals surface area contributed by atoms with Gasteiger partial charge in [0.15, 0.2) is 11.5 Å². The summed E-state index contributed by atoms with van der Waals surface area (Å²) in [6, 6.07) is 7.84. The van der Waals surface area contributed by atoms with Crippen LogP contribution in [0.2, 0.25) is 0 Å². The molecular formula is C21H28N4O3. The van der Waals surface area contributed by atoms with Crippen LogP contribution in [0.4, 0.5) is 5.82 Å². The average Bonchev–Trinajstić information content (AvgIpc) is 2.77. The molecule has 1 saturated heterocycles. The van der Waals surface area contributed by atoms with Gasteiger partial charge in [-0.2, -0.15) is 0 Å². The summed E-state index contributed by atoms with van der Waals surface area (Å²) >= 11 is 0. The summed E-state index contributed by atoms with van der Waals surface area (Å²) in [6.07, 6.45) is 6.12. The van der Waals surface area contributed by atoms with Crippen molar-refractivity contribution in [3.63, 3.8) is 0 Å². The van der Waals surface area contributed by atoms with Crippen LogP contribution >= 0.6 is 0 Å². The molecule has 1 fully saturated rings. The second-order valence-corrected chi connectivity index (χ2v) is 6.88. The molecule has 1 aliphatic heterocycles. The van der Waals surface area contributed by atoms with Gasteiger partial charge in [-0.25, -0.2) is 9.97 Å². The summed E-state index contributed by atoms with van der Waals surface area (Å²) in [5.41, 5.74) is 1.30.